The lowest BCUT2D eigenvalue weighted by atomic mass is 10.1. The Kier molecular flexibility index (Phi) is 10.6. The maximum absolute atomic E-state index is 11.9. The number of hydrogen-bond acceptors (Lipinski definition) is 4. The smallest absolute Gasteiger partial charge is 0.347 e. The average Bonchev–Trinajstić information content (AvgIpc) is 2.60. The SMILES string of the molecule is CCCCCCCCCCOC(=O)[C@H](C)OC(=O)c1ccccc1. The molecule has 0 aliphatic carbocycles. The molecule has 0 bridgehead atoms. The minimum Gasteiger partial charge on any atom is -0.463 e. The Morgan fingerprint density at radius 3 is 2.12 bits per heavy atom. The van der Waals surface area contributed by atoms with Gasteiger partial charge in [0.05, 0.1) is 12.2 Å². The Hall–Kier alpha value is -1.84. The van der Waals surface area contributed by atoms with Crippen LogP contribution in [0.2, 0.25) is 0 Å². The molecule has 1 aromatic carbocycles. The highest BCUT2D eigenvalue weighted by Gasteiger charge is 2.19. The van der Waals surface area contributed by atoms with Crippen LogP contribution in [0, 0.1) is 0 Å². The summed E-state index contributed by atoms with van der Waals surface area (Å²) in [6.07, 6.45) is 8.66. The zero-order valence-electron chi connectivity index (χ0n) is 15.0. The predicted octanol–water partition coefficient (Wildman–Crippen LogP) is 4.92. The number of carbonyl (C=O) groups excluding carboxylic acids is 2. The second-order valence-corrected chi connectivity index (χ2v) is 6.06. The molecular formula is C20H30O4. The van der Waals surface area contributed by atoms with Crippen molar-refractivity contribution in [3.63, 3.8) is 0 Å². The van der Waals surface area contributed by atoms with Crippen molar-refractivity contribution in [1.82, 2.24) is 0 Å². The molecule has 4 nitrogen and oxygen atoms in total. The fourth-order valence-electron chi connectivity index (χ4n) is 2.38. The molecule has 0 radical (unpaired) electrons. The first kappa shape index (κ1) is 20.2. The summed E-state index contributed by atoms with van der Waals surface area (Å²) in [5.74, 6) is -0.991. The van der Waals surface area contributed by atoms with E-state index < -0.39 is 18.0 Å². The van der Waals surface area contributed by atoms with Gasteiger partial charge in [0.1, 0.15) is 0 Å². The maximum atomic E-state index is 11.9. The zero-order valence-corrected chi connectivity index (χ0v) is 15.0. The van der Waals surface area contributed by atoms with E-state index >= 15 is 0 Å². The largest absolute Gasteiger partial charge is 0.463 e. The molecule has 0 amide bonds. The Morgan fingerprint density at radius 2 is 1.50 bits per heavy atom. The van der Waals surface area contributed by atoms with Crippen LogP contribution in [0.3, 0.4) is 0 Å². The first-order valence-corrected chi connectivity index (χ1v) is 9.07. The Morgan fingerprint density at radius 1 is 0.917 bits per heavy atom. The van der Waals surface area contributed by atoms with E-state index in [0.717, 1.165) is 12.8 Å². The molecule has 1 rings (SSSR count). The third-order valence-corrected chi connectivity index (χ3v) is 3.87. The summed E-state index contributed by atoms with van der Waals surface area (Å²) in [5.41, 5.74) is 0.431. The third kappa shape index (κ3) is 8.70. The van der Waals surface area contributed by atoms with Gasteiger partial charge in [-0.15, -0.1) is 0 Å². The second kappa shape index (κ2) is 12.6. The van der Waals surface area contributed by atoms with E-state index in [0.29, 0.717) is 12.2 Å². The fraction of sp³-hybridized carbons (Fsp3) is 0.600. The number of rotatable bonds is 12. The summed E-state index contributed by atoms with van der Waals surface area (Å²) in [6.45, 7) is 4.14. The average molecular weight is 334 g/mol. The van der Waals surface area contributed by atoms with Gasteiger partial charge in [0.25, 0.3) is 0 Å². The Balaban J connectivity index is 2.09. The molecule has 0 saturated heterocycles. The summed E-state index contributed by atoms with van der Waals surface area (Å²) in [4.78, 5) is 23.7. The van der Waals surface area contributed by atoms with E-state index in [9.17, 15) is 9.59 Å². The first-order valence-electron chi connectivity index (χ1n) is 9.07. The van der Waals surface area contributed by atoms with Gasteiger partial charge in [0, 0.05) is 0 Å². The molecule has 0 fully saturated rings. The number of unbranched alkanes of at least 4 members (excludes halogenated alkanes) is 7. The van der Waals surface area contributed by atoms with Gasteiger partial charge in [0.2, 0.25) is 0 Å². The van der Waals surface area contributed by atoms with Crippen LogP contribution in [0.5, 0.6) is 0 Å². The molecule has 0 saturated carbocycles. The minimum absolute atomic E-state index is 0.390. The summed E-state index contributed by atoms with van der Waals surface area (Å²) < 4.78 is 10.3. The van der Waals surface area contributed by atoms with Crippen LogP contribution >= 0.6 is 0 Å². The van der Waals surface area contributed by atoms with E-state index in [1.54, 1.807) is 24.3 Å². The molecule has 0 aliphatic rings. The Bertz CT molecular complexity index is 470. The number of hydrogen-bond donors (Lipinski definition) is 0. The highest BCUT2D eigenvalue weighted by Crippen LogP contribution is 2.09. The van der Waals surface area contributed by atoms with Crippen LogP contribution in [0.15, 0.2) is 30.3 Å². The van der Waals surface area contributed by atoms with E-state index in [-0.39, 0.29) is 0 Å². The number of carbonyl (C=O) groups is 2. The fourth-order valence-corrected chi connectivity index (χ4v) is 2.38. The number of esters is 2. The lowest BCUT2D eigenvalue weighted by Gasteiger charge is -2.12. The third-order valence-electron chi connectivity index (χ3n) is 3.87. The summed E-state index contributed by atoms with van der Waals surface area (Å²) >= 11 is 0. The van der Waals surface area contributed by atoms with E-state index in [1.807, 2.05) is 6.07 Å². The molecule has 0 spiro atoms. The van der Waals surface area contributed by atoms with Crippen molar-refractivity contribution in [3.8, 4) is 0 Å². The second-order valence-electron chi connectivity index (χ2n) is 6.06. The van der Waals surface area contributed by atoms with Crippen LogP contribution in [0.4, 0.5) is 0 Å². The lowest BCUT2D eigenvalue weighted by molar-refractivity contribution is -0.153. The van der Waals surface area contributed by atoms with Crippen molar-refractivity contribution in [3.05, 3.63) is 35.9 Å². The highest BCUT2D eigenvalue weighted by atomic mass is 16.6. The van der Waals surface area contributed by atoms with Crippen LogP contribution in [-0.2, 0) is 14.3 Å². The van der Waals surface area contributed by atoms with Crippen LogP contribution in [-0.4, -0.2) is 24.6 Å². The summed E-state index contributed by atoms with van der Waals surface area (Å²) in [7, 11) is 0. The molecule has 4 heteroatoms. The van der Waals surface area contributed by atoms with Gasteiger partial charge in [0.15, 0.2) is 6.10 Å². The summed E-state index contributed by atoms with van der Waals surface area (Å²) in [6, 6.07) is 8.63. The van der Waals surface area contributed by atoms with Gasteiger partial charge in [-0.25, -0.2) is 9.59 Å². The molecule has 0 N–H and O–H groups in total. The quantitative estimate of drug-likeness (QED) is 0.402. The molecule has 0 aromatic heterocycles. The van der Waals surface area contributed by atoms with Crippen LogP contribution < -0.4 is 0 Å². The molecule has 0 unspecified atom stereocenters. The molecule has 0 heterocycles. The normalized spacial score (nSPS) is 11.8. The molecule has 1 aromatic rings. The molecule has 0 aliphatic heterocycles. The maximum Gasteiger partial charge on any atom is 0.347 e. The Labute approximate surface area is 145 Å². The molecule has 134 valence electrons. The minimum atomic E-state index is -0.883. The molecule has 1 atom stereocenters. The van der Waals surface area contributed by atoms with Crippen molar-refractivity contribution in [1.29, 1.82) is 0 Å². The molecule has 24 heavy (non-hydrogen) atoms. The zero-order chi connectivity index (χ0) is 17.6. The monoisotopic (exact) mass is 334 g/mol. The lowest BCUT2D eigenvalue weighted by Crippen LogP contribution is -2.26. The van der Waals surface area contributed by atoms with Gasteiger partial charge >= 0.3 is 11.9 Å². The van der Waals surface area contributed by atoms with Crippen molar-refractivity contribution in [2.24, 2.45) is 0 Å². The van der Waals surface area contributed by atoms with E-state index in [2.05, 4.69) is 6.92 Å². The van der Waals surface area contributed by atoms with Gasteiger partial charge in [-0.1, -0.05) is 70.1 Å². The van der Waals surface area contributed by atoms with Gasteiger partial charge < -0.3 is 9.47 Å². The standard InChI is InChI=1S/C20H30O4/c1-3-4-5-6-7-8-9-13-16-23-19(21)17(2)24-20(22)18-14-11-10-12-15-18/h10-12,14-15,17H,3-9,13,16H2,1-2H3/t17-/m0/s1. The first-order chi connectivity index (χ1) is 11.6. The number of ether oxygens (including phenoxy) is 2. The number of benzene rings is 1. The van der Waals surface area contributed by atoms with Crippen molar-refractivity contribution < 1.29 is 19.1 Å². The molecular weight excluding hydrogens is 304 g/mol. The van der Waals surface area contributed by atoms with Crippen LogP contribution in [0.1, 0.15) is 75.6 Å². The summed E-state index contributed by atoms with van der Waals surface area (Å²) in [5, 5.41) is 0. The van der Waals surface area contributed by atoms with Crippen molar-refractivity contribution in [2.75, 3.05) is 6.61 Å². The van der Waals surface area contributed by atoms with Gasteiger partial charge in [-0.3, -0.25) is 0 Å². The topological polar surface area (TPSA) is 52.6 Å². The van der Waals surface area contributed by atoms with E-state index in [4.69, 9.17) is 9.47 Å². The van der Waals surface area contributed by atoms with E-state index in [1.165, 1.54) is 45.4 Å². The van der Waals surface area contributed by atoms with Gasteiger partial charge in [-0.2, -0.15) is 0 Å². The van der Waals surface area contributed by atoms with Crippen molar-refractivity contribution in [2.45, 2.75) is 71.3 Å². The van der Waals surface area contributed by atoms with Crippen LogP contribution in [0.25, 0.3) is 0 Å². The predicted molar refractivity (Wildman–Crippen MR) is 94.9 cm³/mol. The van der Waals surface area contributed by atoms with Crippen molar-refractivity contribution >= 4 is 11.9 Å². The highest BCUT2D eigenvalue weighted by molar-refractivity contribution is 5.91. The van der Waals surface area contributed by atoms with Gasteiger partial charge in [-0.05, 0) is 25.5 Å².